The zero-order chi connectivity index (χ0) is 9.68. The van der Waals surface area contributed by atoms with Crippen LogP contribution in [0.2, 0.25) is 0 Å². The van der Waals surface area contributed by atoms with Crippen molar-refractivity contribution in [1.29, 1.82) is 0 Å². The highest BCUT2D eigenvalue weighted by Crippen LogP contribution is 2.25. The van der Waals surface area contributed by atoms with Crippen molar-refractivity contribution < 1.29 is 0 Å². The molecule has 1 saturated heterocycles. The minimum absolute atomic E-state index is 0.840. The van der Waals surface area contributed by atoms with E-state index in [1.807, 2.05) is 11.8 Å². The van der Waals surface area contributed by atoms with Gasteiger partial charge >= 0.3 is 0 Å². The normalized spacial score (nSPS) is 29.8. The second-order valence-corrected chi connectivity index (χ2v) is 5.06. The molecule has 2 heteroatoms. The van der Waals surface area contributed by atoms with Gasteiger partial charge in [0.1, 0.15) is 0 Å². The Morgan fingerprint density at radius 2 is 2.15 bits per heavy atom. The Balaban J connectivity index is 2.27. The molecule has 0 amide bonds. The fraction of sp³-hybridized carbons (Fsp3) is 1.00. The lowest BCUT2D eigenvalue weighted by molar-refractivity contribution is 0.200. The first-order valence-corrected chi connectivity index (χ1v) is 6.93. The Morgan fingerprint density at radius 3 is 2.77 bits per heavy atom. The van der Waals surface area contributed by atoms with Crippen molar-refractivity contribution in [3.05, 3.63) is 0 Å². The van der Waals surface area contributed by atoms with Crippen molar-refractivity contribution in [2.24, 2.45) is 0 Å². The summed E-state index contributed by atoms with van der Waals surface area (Å²) in [6, 6.07) is 1.73. The number of likely N-dealkylation sites (tertiary alicyclic amines) is 1. The summed E-state index contributed by atoms with van der Waals surface area (Å²) in [4.78, 5) is 2.72. The zero-order valence-corrected chi connectivity index (χ0v) is 10.1. The fourth-order valence-electron chi connectivity index (χ4n) is 2.36. The predicted molar refractivity (Wildman–Crippen MR) is 62.5 cm³/mol. The van der Waals surface area contributed by atoms with E-state index < -0.39 is 0 Å². The molecule has 1 fully saturated rings. The van der Waals surface area contributed by atoms with Gasteiger partial charge in [-0.1, -0.05) is 6.92 Å². The van der Waals surface area contributed by atoms with E-state index >= 15 is 0 Å². The molecule has 0 spiro atoms. The molecule has 0 aromatic rings. The van der Waals surface area contributed by atoms with Gasteiger partial charge in [-0.15, -0.1) is 0 Å². The quantitative estimate of drug-likeness (QED) is 0.629. The summed E-state index contributed by atoms with van der Waals surface area (Å²) in [6.07, 6.45) is 7.74. The average Bonchev–Trinajstić information content (AvgIpc) is 2.48. The topological polar surface area (TPSA) is 3.24 Å². The molecule has 13 heavy (non-hydrogen) atoms. The van der Waals surface area contributed by atoms with Crippen LogP contribution in [0.4, 0.5) is 0 Å². The van der Waals surface area contributed by atoms with Crippen LogP contribution in [0.1, 0.15) is 39.5 Å². The number of thioether (sulfide) groups is 1. The summed E-state index contributed by atoms with van der Waals surface area (Å²) in [7, 11) is 0. The second kappa shape index (κ2) is 5.92. The van der Waals surface area contributed by atoms with Crippen LogP contribution < -0.4 is 0 Å². The molecule has 1 aliphatic heterocycles. The molecular formula is C11H23NS. The highest BCUT2D eigenvalue weighted by molar-refractivity contribution is 7.98. The Bertz CT molecular complexity index is 138. The molecular weight excluding hydrogens is 178 g/mol. The molecule has 1 rings (SSSR count). The van der Waals surface area contributed by atoms with Crippen LogP contribution in [0.15, 0.2) is 0 Å². The van der Waals surface area contributed by atoms with Crippen LogP contribution in [-0.2, 0) is 0 Å². The SMILES string of the molecule is CCC1CCC(C)N1CCCSC. The first-order chi connectivity index (χ1) is 6.29. The van der Waals surface area contributed by atoms with Gasteiger partial charge in [0, 0.05) is 12.1 Å². The van der Waals surface area contributed by atoms with Crippen LogP contribution in [0.3, 0.4) is 0 Å². The Morgan fingerprint density at radius 1 is 1.38 bits per heavy atom. The van der Waals surface area contributed by atoms with Crippen molar-refractivity contribution in [3.63, 3.8) is 0 Å². The third kappa shape index (κ3) is 3.17. The minimum Gasteiger partial charge on any atom is -0.298 e. The van der Waals surface area contributed by atoms with Gasteiger partial charge in [0.25, 0.3) is 0 Å². The van der Waals surface area contributed by atoms with Crippen molar-refractivity contribution in [1.82, 2.24) is 4.90 Å². The van der Waals surface area contributed by atoms with Gasteiger partial charge < -0.3 is 0 Å². The predicted octanol–water partition coefficient (Wildman–Crippen LogP) is 3.00. The summed E-state index contributed by atoms with van der Waals surface area (Å²) in [6.45, 7) is 6.03. The second-order valence-electron chi connectivity index (χ2n) is 4.07. The molecule has 1 nitrogen and oxygen atoms in total. The fourth-order valence-corrected chi connectivity index (χ4v) is 2.78. The molecule has 0 N–H and O–H groups in total. The van der Waals surface area contributed by atoms with Gasteiger partial charge in [0.2, 0.25) is 0 Å². The van der Waals surface area contributed by atoms with Gasteiger partial charge in [-0.25, -0.2) is 0 Å². The van der Waals surface area contributed by atoms with Gasteiger partial charge in [-0.05, 0) is 51.2 Å². The Kier molecular flexibility index (Phi) is 5.18. The lowest BCUT2D eigenvalue weighted by Crippen LogP contribution is -2.35. The number of hydrogen-bond donors (Lipinski definition) is 0. The molecule has 78 valence electrons. The lowest BCUT2D eigenvalue weighted by Gasteiger charge is -2.27. The van der Waals surface area contributed by atoms with E-state index in [0.717, 1.165) is 12.1 Å². The molecule has 2 atom stereocenters. The maximum atomic E-state index is 2.72. The van der Waals surface area contributed by atoms with Gasteiger partial charge in [-0.2, -0.15) is 11.8 Å². The third-order valence-electron chi connectivity index (χ3n) is 3.19. The highest BCUT2D eigenvalue weighted by Gasteiger charge is 2.28. The molecule has 0 aromatic heterocycles. The van der Waals surface area contributed by atoms with Crippen LogP contribution in [0.25, 0.3) is 0 Å². The largest absolute Gasteiger partial charge is 0.298 e. The summed E-state index contributed by atoms with van der Waals surface area (Å²) < 4.78 is 0. The monoisotopic (exact) mass is 201 g/mol. The van der Waals surface area contributed by atoms with Crippen molar-refractivity contribution in [3.8, 4) is 0 Å². The van der Waals surface area contributed by atoms with E-state index in [1.165, 1.54) is 38.0 Å². The first-order valence-electron chi connectivity index (χ1n) is 5.54. The number of nitrogens with zero attached hydrogens (tertiary/aromatic N) is 1. The number of rotatable bonds is 5. The molecule has 1 aliphatic rings. The van der Waals surface area contributed by atoms with Gasteiger partial charge in [0.15, 0.2) is 0 Å². The van der Waals surface area contributed by atoms with Crippen LogP contribution in [0.5, 0.6) is 0 Å². The third-order valence-corrected chi connectivity index (χ3v) is 3.89. The van der Waals surface area contributed by atoms with E-state index in [2.05, 4.69) is 25.0 Å². The van der Waals surface area contributed by atoms with Gasteiger partial charge in [0.05, 0.1) is 0 Å². The van der Waals surface area contributed by atoms with E-state index in [9.17, 15) is 0 Å². The van der Waals surface area contributed by atoms with Crippen LogP contribution in [0, 0.1) is 0 Å². The minimum atomic E-state index is 0.840. The standard InChI is InChI=1S/C11H23NS/c1-4-11-7-6-10(2)12(11)8-5-9-13-3/h10-11H,4-9H2,1-3H3. The van der Waals surface area contributed by atoms with Crippen molar-refractivity contribution >= 4 is 11.8 Å². The molecule has 1 heterocycles. The maximum absolute atomic E-state index is 2.72. The maximum Gasteiger partial charge on any atom is 0.00960 e. The zero-order valence-electron chi connectivity index (χ0n) is 9.25. The van der Waals surface area contributed by atoms with E-state index in [-0.39, 0.29) is 0 Å². The summed E-state index contributed by atoms with van der Waals surface area (Å²) in [5, 5.41) is 0. The van der Waals surface area contributed by atoms with E-state index in [0.29, 0.717) is 0 Å². The van der Waals surface area contributed by atoms with Gasteiger partial charge in [-0.3, -0.25) is 4.90 Å². The number of hydrogen-bond acceptors (Lipinski definition) is 2. The molecule has 0 aromatic carbocycles. The van der Waals surface area contributed by atoms with E-state index in [4.69, 9.17) is 0 Å². The summed E-state index contributed by atoms with van der Waals surface area (Å²) >= 11 is 1.97. The summed E-state index contributed by atoms with van der Waals surface area (Å²) in [5.74, 6) is 1.32. The molecule has 0 bridgehead atoms. The van der Waals surface area contributed by atoms with E-state index in [1.54, 1.807) is 0 Å². The van der Waals surface area contributed by atoms with Crippen LogP contribution in [-0.4, -0.2) is 35.5 Å². The smallest absolute Gasteiger partial charge is 0.00960 e. The highest BCUT2D eigenvalue weighted by atomic mass is 32.2. The lowest BCUT2D eigenvalue weighted by atomic mass is 10.1. The molecule has 0 aliphatic carbocycles. The van der Waals surface area contributed by atoms with Crippen LogP contribution >= 0.6 is 11.8 Å². The van der Waals surface area contributed by atoms with Crippen molar-refractivity contribution in [2.45, 2.75) is 51.6 Å². The molecule has 2 unspecified atom stereocenters. The Hall–Kier alpha value is 0.310. The van der Waals surface area contributed by atoms with Crippen molar-refractivity contribution in [2.75, 3.05) is 18.6 Å². The molecule has 0 radical (unpaired) electrons. The summed E-state index contributed by atoms with van der Waals surface area (Å²) in [5.41, 5.74) is 0. The first kappa shape index (κ1) is 11.4. The molecule has 0 saturated carbocycles. The average molecular weight is 201 g/mol. The Labute approximate surface area is 87.3 Å².